The zero-order valence-corrected chi connectivity index (χ0v) is 11.8. The number of hydrogen-bond donors (Lipinski definition) is 2. The van der Waals surface area contributed by atoms with Crippen molar-refractivity contribution in [2.24, 2.45) is 5.73 Å². The Morgan fingerprint density at radius 2 is 1.88 bits per heavy atom. The predicted molar refractivity (Wildman–Crippen MR) is 82.6 cm³/mol. The molecule has 17 heavy (non-hydrogen) atoms. The highest BCUT2D eigenvalue weighted by Crippen LogP contribution is 2.16. The van der Waals surface area contributed by atoms with E-state index in [0.29, 0.717) is 4.99 Å². The minimum absolute atomic E-state index is 0.360. The molecule has 0 aliphatic carbocycles. The van der Waals surface area contributed by atoms with Crippen LogP contribution in [0.4, 0.5) is 11.5 Å². The summed E-state index contributed by atoms with van der Waals surface area (Å²) in [6.45, 7) is 0. The molecule has 5 heteroatoms. The Hall–Kier alpha value is -1.21. The number of pyridine rings is 1. The molecular weight excluding hydrogens is 345 g/mol. The number of nitrogens with zero attached hydrogens (tertiary/aromatic N) is 1. The zero-order chi connectivity index (χ0) is 12.3. The molecule has 0 amide bonds. The molecule has 1 heterocycles. The second kappa shape index (κ2) is 5.42. The van der Waals surface area contributed by atoms with Crippen molar-refractivity contribution in [3.8, 4) is 0 Å². The second-order valence-corrected chi connectivity index (χ2v) is 5.11. The summed E-state index contributed by atoms with van der Waals surface area (Å²) in [6.07, 6.45) is 1.66. The molecule has 0 radical (unpaired) electrons. The van der Waals surface area contributed by atoms with Crippen molar-refractivity contribution in [3.05, 3.63) is 51.7 Å². The number of anilines is 2. The minimum Gasteiger partial charge on any atom is -0.389 e. The first-order valence-electron chi connectivity index (χ1n) is 4.93. The molecule has 1 aromatic heterocycles. The largest absolute Gasteiger partial charge is 0.389 e. The summed E-state index contributed by atoms with van der Waals surface area (Å²) in [5.41, 5.74) is 7.28. The van der Waals surface area contributed by atoms with Gasteiger partial charge < -0.3 is 11.1 Å². The molecule has 3 nitrogen and oxygen atoms in total. The topological polar surface area (TPSA) is 50.9 Å². The van der Waals surface area contributed by atoms with Gasteiger partial charge in [-0.3, -0.25) is 0 Å². The lowest BCUT2D eigenvalue weighted by Crippen LogP contribution is -2.09. The summed E-state index contributed by atoms with van der Waals surface area (Å²) in [7, 11) is 0. The fourth-order valence-corrected chi connectivity index (χ4v) is 1.77. The number of benzene rings is 1. The maximum absolute atomic E-state index is 5.50. The van der Waals surface area contributed by atoms with Crippen LogP contribution < -0.4 is 11.1 Å². The van der Waals surface area contributed by atoms with Gasteiger partial charge in [-0.25, -0.2) is 4.98 Å². The molecule has 86 valence electrons. The first-order valence-corrected chi connectivity index (χ1v) is 6.42. The summed E-state index contributed by atoms with van der Waals surface area (Å²) >= 11 is 7.13. The molecule has 2 rings (SSSR count). The molecule has 0 aliphatic heterocycles. The van der Waals surface area contributed by atoms with E-state index in [1.165, 1.54) is 3.57 Å². The highest BCUT2D eigenvalue weighted by Gasteiger charge is 1.98. The van der Waals surface area contributed by atoms with E-state index in [1.54, 1.807) is 6.20 Å². The Bertz CT molecular complexity index is 522. The quantitative estimate of drug-likeness (QED) is 0.656. The third kappa shape index (κ3) is 3.37. The normalized spacial score (nSPS) is 9.94. The molecule has 0 saturated carbocycles. The smallest absolute Gasteiger partial charge is 0.130 e. The number of halogens is 1. The number of aromatic nitrogens is 1. The van der Waals surface area contributed by atoms with Crippen molar-refractivity contribution < 1.29 is 0 Å². The van der Waals surface area contributed by atoms with Crippen LogP contribution in [0.2, 0.25) is 0 Å². The monoisotopic (exact) mass is 355 g/mol. The summed E-state index contributed by atoms with van der Waals surface area (Å²) < 4.78 is 1.20. The molecule has 1 aromatic carbocycles. The van der Waals surface area contributed by atoms with E-state index in [-0.39, 0.29) is 0 Å². The Labute approximate surface area is 119 Å². The first-order chi connectivity index (χ1) is 8.15. The fraction of sp³-hybridized carbons (Fsp3) is 0. The summed E-state index contributed by atoms with van der Waals surface area (Å²) in [5.74, 6) is 0.770. The molecule has 0 bridgehead atoms. The van der Waals surface area contributed by atoms with Gasteiger partial charge in [-0.05, 0) is 59.0 Å². The highest BCUT2D eigenvalue weighted by atomic mass is 127. The standard InChI is InChI=1S/C12H10IN3S/c13-9-2-4-10(5-3-9)16-11-6-1-8(7-15-11)12(14)17/h1-7H,(H2,14,17)(H,15,16). The maximum atomic E-state index is 5.50. The SMILES string of the molecule is NC(=S)c1ccc(Nc2ccc(I)cc2)nc1. The lowest BCUT2D eigenvalue weighted by atomic mass is 10.3. The predicted octanol–water partition coefficient (Wildman–Crippen LogP) is 3.06. The van der Waals surface area contributed by atoms with Crippen LogP contribution in [0.5, 0.6) is 0 Å². The number of hydrogen-bond acceptors (Lipinski definition) is 3. The lowest BCUT2D eigenvalue weighted by molar-refractivity contribution is 1.30. The zero-order valence-electron chi connectivity index (χ0n) is 8.85. The van der Waals surface area contributed by atoms with Crippen molar-refractivity contribution in [1.29, 1.82) is 0 Å². The third-order valence-electron chi connectivity index (χ3n) is 2.16. The molecule has 0 spiro atoms. The lowest BCUT2D eigenvalue weighted by Gasteiger charge is -2.06. The second-order valence-electron chi connectivity index (χ2n) is 3.43. The van der Waals surface area contributed by atoms with Gasteiger partial charge in [0.1, 0.15) is 10.8 Å². The number of rotatable bonds is 3. The maximum Gasteiger partial charge on any atom is 0.130 e. The van der Waals surface area contributed by atoms with E-state index in [4.69, 9.17) is 18.0 Å². The summed E-state index contributed by atoms with van der Waals surface area (Å²) in [6, 6.07) is 11.8. The van der Waals surface area contributed by atoms with Gasteiger partial charge in [0.05, 0.1) is 0 Å². The van der Waals surface area contributed by atoms with Crippen LogP contribution >= 0.6 is 34.8 Å². The average Bonchev–Trinajstić information content (AvgIpc) is 2.33. The van der Waals surface area contributed by atoms with E-state index >= 15 is 0 Å². The molecule has 0 saturated heterocycles. The van der Waals surface area contributed by atoms with Gasteiger partial charge >= 0.3 is 0 Å². The van der Waals surface area contributed by atoms with Crippen LogP contribution in [0, 0.1) is 3.57 Å². The first kappa shape index (κ1) is 12.3. The Kier molecular flexibility index (Phi) is 3.90. The van der Waals surface area contributed by atoms with Crippen LogP contribution in [0.25, 0.3) is 0 Å². The Balaban J connectivity index is 2.13. The molecule has 0 atom stereocenters. The molecular formula is C12H10IN3S. The molecule has 0 unspecified atom stereocenters. The van der Waals surface area contributed by atoms with E-state index in [0.717, 1.165) is 17.1 Å². The van der Waals surface area contributed by atoms with Crippen molar-refractivity contribution in [3.63, 3.8) is 0 Å². The average molecular weight is 355 g/mol. The third-order valence-corrected chi connectivity index (χ3v) is 3.12. The van der Waals surface area contributed by atoms with Crippen LogP contribution in [-0.4, -0.2) is 9.97 Å². The Morgan fingerprint density at radius 3 is 2.41 bits per heavy atom. The van der Waals surface area contributed by atoms with Gasteiger partial charge in [0, 0.05) is 21.0 Å². The van der Waals surface area contributed by atoms with Crippen LogP contribution in [-0.2, 0) is 0 Å². The Morgan fingerprint density at radius 1 is 1.18 bits per heavy atom. The van der Waals surface area contributed by atoms with Gasteiger partial charge in [-0.15, -0.1) is 0 Å². The molecule has 2 aromatic rings. The molecule has 0 aliphatic rings. The van der Waals surface area contributed by atoms with Crippen LogP contribution in [0.15, 0.2) is 42.6 Å². The van der Waals surface area contributed by atoms with Crippen LogP contribution in [0.3, 0.4) is 0 Å². The van der Waals surface area contributed by atoms with Gasteiger partial charge in [-0.1, -0.05) is 12.2 Å². The van der Waals surface area contributed by atoms with Gasteiger partial charge in [0.2, 0.25) is 0 Å². The van der Waals surface area contributed by atoms with Crippen LogP contribution in [0.1, 0.15) is 5.56 Å². The number of nitrogens with two attached hydrogens (primary N) is 1. The summed E-state index contributed by atoms with van der Waals surface area (Å²) in [4.78, 5) is 4.60. The van der Waals surface area contributed by atoms with E-state index in [9.17, 15) is 0 Å². The van der Waals surface area contributed by atoms with Crippen molar-refractivity contribution in [2.75, 3.05) is 5.32 Å². The summed E-state index contributed by atoms with van der Waals surface area (Å²) in [5, 5.41) is 3.20. The van der Waals surface area contributed by atoms with E-state index in [2.05, 4.69) is 32.9 Å². The van der Waals surface area contributed by atoms with Gasteiger partial charge in [-0.2, -0.15) is 0 Å². The minimum atomic E-state index is 0.360. The van der Waals surface area contributed by atoms with Crippen molar-refractivity contribution >= 4 is 51.3 Å². The van der Waals surface area contributed by atoms with E-state index in [1.807, 2.05) is 36.4 Å². The van der Waals surface area contributed by atoms with Gasteiger partial charge in [0.25, 0.3) is 0 Å². The highest BCUT2D eigenvalue weighted by molar-refractivity contribution is 14.1. The fourth-order valence-electron chi connectivity index (χ4n) is 1.29. The molecule has 0 fully saturated rings. The molecule has 3 N–H and O–H groups in total. The number of nitrogens with one attached hydrogen (secondary N) is 1. The number of thiocarbonyl (C=S) groups is 1. The van der Waals surface area contributed by atoms with Crippen molar-refractivity contribution in [1.82, 2.24) is 4.98 Å². The van der Waals surface area contributed by atoms with Gasteiger partial charge in [0.15, 0.2) is 0 Å². The van der Waals surface area contributed by atoms with Crippen molar-refractivity contribution in [2.45, 2.75) is 0 Å². The van der Waals surface area contributed by atoms with E-state index < -0.39 is 0 Å².